The van der Waals surface area contributed by atoms with Gasteiger partial charge in [-0.1, -0.05) is 15.9 Å². The van der Waals surface area contributed by atoms with E-state index >= 15 is 0 Å². The zero-order chi connectivity index (χ0) is 14.9. The van der Waals surface area contributed by atoms with Gasteiger partial charge in [0.2, 0.25) is 0 Å². The number of carbonyl (C=O) groups excluding carboxylic acids is 2. The van der Waals surface area contributed by atoms with E-state index in [0.717, 1.165) is 23.1 Å². The van der Waals surface area contributed by atoms with Crippen molar-refractivity contribution in [3.05, 3.63) is 28.2 Å². The minimum Gasteiger partial charge on any atom is -0.312 e. The number of nitrogens with one attached hydrogen (secondary N) is 1. The molecule has 20 heavy (non-hydrogen) atoms. The van der Waals surface area contributed by atoms with Crippen LogP contribution < -0.4 is 10.2 Å². The van der Waals surface area contributed by atoms with Crippen molar-refractivity contribution in [2.24, 2.45) is 0 Å². The largest absolute Gasteiger partial charge is 0.312 e. The van der Waals surface area contributed by atoms with E-state index in [-0.39, 0.29) is 5.54 Å². The number of Topliss-reactive ketones (excluding diaryl/α,β-unsaturated/α-hetero) is 1. The van der Waals surface area contributed by atoms with Gasteiger partial charge < -0.3 is 10.2 Å². The van der Waals surface area contributed by atoms with Crippen LogP contribution in [0.4, 0.5) is 5.69 Å². The topological polar surface area (TPSA) is 49.4 Å². The van der Waals surface area contributed by atoms with Crippen LogP contribution in [0.3, 0.4) is 0 Å². The molecular weight excluding hydrogens is 320 g/mol. The number of ketones is 1. The number of amides is 1. The van der Waals surface area contributed by atoms with Gasteiger partial charge in [0.25, 0.3) is 11.7 Å². The van der Waals surface area contributed by atoms with Gasteiger partial charge in [0, 0.05) is 16.6 Å². The summed E-state index contributed by atoms with van der Waals surface area (Å²) in [4.78, 5) is 25.5. The molecule has 0 aromatic heterocycles. The van der Waals surface area contributed by atoms with E-state index in [0.29, 0.717) is 12.1 Å². The summed E-state index contributed by atoms with van der Waals surface area (Å²) in [5, 5.41) is 3.37. The van der Waals surface area contributed by atoms with Crippen LogP contribution in [0.25, 0.3) is 0 Å². The lowest BCUT2D eigenvalue weighted by atomic mass is 10.1. The Kier molecular flexibility index (Phi) is 4.30. The van der Waals surface area contributed by atoms with Crippen molar-refractivity contribution in [3.8, 4) is 0 Å². The van der Waals surface area contributed by atoms with E-state index in [2.05, 4.69) is 42.0 Å². The molecule has 0 saturated heterocycles. The highest BCUT2D eigenvalue weighted by atomic mass is 79.9. The van der Waals surface area contributed by atoms with Gasteiger partial charge in [0.15, 0.2) is 0 Å². The highest BCUT2D eigenvalue weighted by Gasteiger charge is 2.35. The smallest absolute Gasteiger partial charge is 0.299 e. The number of rotatable bonds is 4. The first kappa shape index (κ1) is 15.2. The molecule has 0 fully saturated rings. The summed E-state index contributed by atoms with van der Waals surface area (Å²) < 4.78 is 0.814. The van der Waals surface area contributed by atoms with Crippen LogP contribution in [0.2, 0.25) is 0 Å². The molecular formula is C15H19BrN2O2. The second-order valence-electron chi connectivity index (χ2n) is 5.98. The molecule has 1 heterocycles. The Morgan fingerprint density at radius 2 is 1.95 bits per heavy atom. The molecule has 1 N–H and O–H groups in total. The number of hydrogen-bond donors (Lipinski definition) is 1. The first-order valence-corrected chi connectivity index (χ1v) is 7.50. The third-order valence-corrected chi connectivity index (χ3v) is 3.64. The van der Waals surface area contributed by atoms with Gasteiger partial charge in [0.05, 0.1) is 11.3 Å². The maximum Gasteiger partial charge on any atom is 0.299 e. The van der Waals surface area contributed by atoms with Crippen LogP contribution in [0, 0.1) is 0 Å². The van der Waals surface area contributed by atoms with E-state index in [1.165, 1.54) is 0 Å². The van der Waals surface area contributed by atoms with E-state index in [1.54, 1.807) is 11.0 Å². The Labute approximate surface area is 127 Å². The Bertz CT molecular complexity index is 549. The predicted molar refractivity (Wildman–Crippen MR) is 83.2 cm³/mol. The fraction of sp³-hybridized carbons (Fsp3) is 0.467. The second-order valence-corrected chi connectivity index (χ2v) is 6.89. The fourth-order valence-electron chi connectivity index (χ4n) is 2.20. The van der Waals surface area contributed by atoms with Gasteiger partial charge >= 0.3 is 0 Å². The summed E-state index contributed by atoms with van der Waals surface area (Å²) in [5.41, 5.74) is 1.28. The van der Waals surface area contributed by atoms with Gasteiger partial charge in [-0.3, -0.25) is 9.59 Å². The summed E-state index contributed by atoms with van der Waals surface area (Å²) in [5.74, 6) is -0.834. The lowest BCUT2D eigenvalue weighted by Gasteiger charge is -2.22. The molecule has 0 radical (unpaired) electrons. The molecule has 0 saturated carbocycles. The van der Waals surface area contributed by atoms with Crippen LogP contribution in [0.15, 0.2) is 22.7 Å². The highest BCUT2D eigenvalue weighted by Crippen LogP contribution is 2.31. The lowest BCUT2D eigenvalue weighted by Crippen LogP contribution is -2.38. The molecule has 108 valence electrons. The van der Waals surface area contributed by atoms with E-state index in [4.69, 9.17) is 0 Å². The van der Waals surface area contributed by atoms with Crippen molar-refractivity contribution in [3.63, 3.8) is 0 Å². The molecule has 1 aromatic rings. The number of halogens is 1. The van der Waals surface area contributed by atoms with Crippen LogP contribution in [-0.4, -0.2) is 30.3 Å². The molecule has 0 spiro atoms. The van der Waals surface area contributed by atoms with Crippen molar-refractivity contribution in [1.82, 2.24) is 5.32 Å². The molecule has 0 atom stereocenters. The third kappa shape index (κ3) is 3.27. The van der Waals surface area contributed by atoms with Gasteiger partial charge in [-0.05, 0) is 51.9 Å². The van der Waals surface area contributed by atoms with Crippen molar-refractivity contribution in [1.29, 1.82) is 0 Å². The number of fused-ring (bicyclic) bond motifs is 1. The summed E-state index contributed by atoms with van der Waals surface area (Å²) >= 11 is 3.33. The number of nitrogens with zero attached hydrogens (tertiary/aromatic N) is 1. The molecule has 1 aliphatic heterocycles. The zero-order valence-corrected chi connectivity index (χ0v) is 13.6. The standard InChI is InChI=1S/C15H19BrN2O2/c1-15(2,3)17-7-4-8-18-12-6-5-10(16)9-11(12)13(19)14(18)20/h5-6,9,17H,4,7-8H2,1-3H3. The molecule has 1 aromatic carbocycles. The Morgan fingerprint density at radius 1 is 1.25 bits per heavy atom. The molecule has 0 bridgehead atoms. The number of anilines is 1. The van der Waals surface area contributed by atoms with Crippen LogP contribution >= 0.6 is 15.9 Å². The fourth-order valence-corrected chi connectivity index (χ4v) is 2.56. The van der Waals surface area contributed by atoms with Gasteiger partial charge in [0.1, 0.15) is 0 Å². The molecule has 0 aliphatic carbocycles. The van der Waals surface area contributed by atoms with Crippen molar-refractivity contribution in [2.75, 3.05) is 18.0 Å². The Hall–Kier alpha value is -1.20. The highest BCUT2D eigenvalue weighted by molar-refractivity contribution is 9.10. The van der Waals surface area contributed by atoms with Crippen molar-refractivity contribution in [2.45, 2.75) is 32.7 Å². The summed E-state index contributed by atoms with van der Waals surface area (Å²) in [6.07, 6.45) is 0.811. The molecule has 5 heteroatoms. The zero-order valence-electron chi connectivity index (χ0n) is 12.0. The first-order chi connectivity index (χ1) is 9.29. The third-order valence-electron chi connectivity index (χ3n) is 3.15. The predicted octanol–water partition coefficient (Wildman–Crippen LogP) is 2.76. The summed E-state index contributed by atoms with van der Waals surface area (Å²) in [6, 6.07) is 5.38. The number of carbonyl (C=O) groups is 2. The van der Waals surface area contributed by atoms with Gasteiger partial charge in [-0.2, -0.15) is 0 Å². The summed E-state index contributed by atoms with van der Waals surface area (Å²) in [7, 11) is 0. The lowest BCUT2D eigenvalue weighted by molar-refractivity contribution is -0.114. The van der Waals surface area contributed by atoms with E-state index < -0.39 is 11.7 Å². The monoisotopic (exact) mass is 338 g/mol. The molecule has 4 nitrogen and oxygen atoms in total. The molecule has 0 unspecified atom stereocenters. The van der Waals surface area contributed by atoms with Crippen molar-refractivity contribution < 1.29 is 9.59 Å². The number of benzene rings is 1. The summed E-state index contributed by atoms with van der Waals surface area (Å²) in [6.45, 7) is 7.68. The second kappa shape index (κ2) is 5.66. The Balaban J connectivity index is 2.03. The molecule has 1 aliphatic rings. The Morgan fingerprint density at radius 3 is 2.60 bits per heavy atom. The maximum atomic E-state index is 12.0. The number of hydrogen-bond acceptors (Lipinski definition) is 3. The molecule has 1 amide bonds. The first-order valence-electron chi connectivity index (χ1n) is 6.70. The average molecular weight is 339 g/mol. The quantitative estimate of drug-likeness (QED) is 0.678. The minimum atomic E-state index is -0.422. The van der Waals surface area contributed by atoms with Gasteiger partial charge in [-0.25, -0.2) is 0 Å². The SMILES string of the molecule is CC(C)(C)NCCCN1C(=O)C(=O)c2cc(Br)ccc21. The molecule has 2 rings (SSSR count). The minimum absolute atomic E-state index is 0.0631. The van der Waals surface area contributed by atoms with Crippen LogP contribution in [0.5, 0.6) is 0 Å². The maximum absolute atomic E-state index is 12.0. The van der Waals surface area contributed by atoms with Crippen LogP contribution in [0.1, 0.15) is 37.6 Å². The van der Waals surface area contributed by atoms with Gasteiger partial charge in [-0.15, -0.1) is 0 Å². The van der Waals surface area contributed by atoms with Crippen LogP contribution in [-0.2, 0) is 4.79 Å². The van der Waals surface area contributed by atoms with Crippen molar-refractivity contribution >= 4 is 33.3 Å². The van der Waals surface area contributed by atoms with E-state index in [9.17, 15) is 9.59 Å². The average Bonchev–Trinajstić information content (AvgIpc) is 2.58. The van der Waals surface area contributed by atoms with E-state index in [1.807, 2.05) is 12.1 Å². The normalized spacial score (nSPS) is 14.9.